The summed E-state index contributed by atoms with van der Waals surface area (Å²) in [6.45, 7) is 7.64. The van der Waals surface area contributed by atoms with Crippen LogP contribution in [0.3, 0.4) is 0 Å². The van der Waals surface area contributed by atoms with Gasteiger partial charge in [0.05, 0.1) is 40.8 Å². The molecule has 3 N–H and O–H groups in total. The maximum Gasteiger partial charge on any atom is 0.198 e. The van der Waals surface area contributed by atoms with Crippen molar-refractivity contribution in [3.63, 3.8) is 0 Å². The molecule has 0 aliphatic rings. The Kier molecular flexibility index (Phi) is 4.87. The summed E-state index contributed by atoms with van der Waals surface area (Å²) in [6.07, 6.45) is 7.00. The van der Waals surface area contributed by atoms with Crippen LogP contribution in [-0.2, 0) is 6.54 Å². The van der Waals surface area contributed by atoms with Crippen molar-refractivity contribution in [3.8, 4) is 17.1 Å². The van der Waals surface area contributed by atoms with Gasteiger partial charge in [0.2, 0.25) is 0 Å². The summed E-state index contributed by atoms with van der Waals surface area (Å²) < 4.78 is 1.65. The van der Waals surface area contributed by atoms with Gasteiger partial charge in [-0.1, -0.05) is 0 Å². The molecule has 0 saturated carbocycles. The SMILES string of the molecule is CC(=Nc1ccn(CC(C)(C)O)n1)c1c(O)[nH]c2cnc(-c3cnccc3C)cc12. The van der Waals surface area contributed by atoms with Crippen molar-refractivity contribution in [2.45, 2.75) is 39.8 Å². The van der Waals surface area contributed by atoms with Crippen LogP contribution in [0.2, 0.25) is 0 Å². The second kappa shape index (κ2) is 7.38. The zero-order valence-electron chi connectivity index (χ0n) is 17.4. The van der Waals surface area contributed by atoms with Gasteiger partial charge in [0, 0.05) is 35.6 Å². The van der Waals surface area contributed by atoms with Crippen molar-refractivity contribution in [1.82, 2.24) is 24.7 Å². The lowest BCUT2D eigenvalue weighted by molar-refractivity contribution is 0.0578. The molecule has 0 saturated heterocycles. The number of hydrogen-bond donors (Lipinski definition) is 3. The van der Waals surface area contributed by atoms with E-state index in [0.29, 0.717) is 23.6 Å². The maximum absolute atomic E-state index is 10.5. The summed E-state index contributed by atoms with van der Waals surface area (Å²) in [6, 6.07) is 5.64. The molecule has 0 atom stereocenters. The largest absolute Gasteiger partial charge is 0.494 e. The van der Waals surface area contributed by atoms with Crippen LogP contribution in [0.1, 0.15) is 31.9 Å². The van der Waals surface area contributed by atoms with Crippen LogP contribution < -0.4 is 0 Å². The lowest BCUT2D eigenvalue weighted by Crippen LogP contribution is -2.26. The van der Waals surface area contributed by atoms with Crippen molar-refractivity contribution in [2.24, 2.45) is 4.99 Å². The van der Waals surface area contributed by atoms with E-state index < -0.39 is 5.60 Å². The fourth-order valence-electron chi connectivity index (χ4n) is 3.45. The van der Waals surface area contributed by atoms with Crippen LogP contribution >= 0.6 is 0 Å². The Morgan fingerprint density at radius 1 is 1.27 bits per heavy atom. The topological polar surface area (TPSA) is 112 Å². The van der Waals surface area contributed by atoms with Gasteiger partial charge >= 0.3 is 0 Å². The number of aromatic hydroxyl groups is 1. The Morgan fingerprint density at radius 2 is 2.07 bits per heavy atom. The highest BCUT2D eigenvalue weighted by Gasteiger charge is 2.17. The first-order chi connectivity index (χ1) is 14.2. The van der Waals surface area contributed by atoms with E-state index in [1.54, 1.807) is 49.4 Å². The summed E-state index contributed by atoms with van der Waals surface area (Å²) in [5.74, 6) is 0.534. The third-order valence-corrected chi connectivity index (χ3v) is 4.80. The molecule has 0 spiro atoms. The molecule has 0 amide bonds. The third-order valence-electron chi connectivity index (χ3n) is 4.80. The molecule has 4 heterocycles. The summed E-state index contributed by atoms with van der Waals surface area (Å²) >= 11 is 0. The number of aryl methyl sites for hydroxylation is 1. The molecule has 154 valence electrons. The molecule has 0 fully saturated rings. The van der Waals surface area contributed by atoms with E-state index in [1.807, 2.05) is 26.0 Å². The number of rotatable bonds is 5. The highest BCUT2D eigenvalue weighted by atomic mass is 16.3. The quantitative estimate of drug-likeness (QED) is 0.439. The van der Waals surface area contributed by atoms with Gasteiger partial charge in [-0.25, -0.2) is 4.99 Å². The molecule has 8 nitrogen and oxygen atoms in total. The fourth-order valence-corrected chi connectivity index (χ4v) is 3.45. The van der Waals surface area contributed by atoms with Crippen LogP contribution in [0.15, 0.2) is 48.0 Å². The van der Waals surface area contributed by atoms with Gasteiger partial charge < -0.3 is 15.2 Å². The van der Waals surface area contributed by atoms with E-state index >= 15 is 0 Å². The molecular weight excluding hydrogens is 380 g/mol. The summed E-state index contributed by atoms with van der Waals surface area (Å²) in [4.78, 5) is 16.2. The van der Waals surface area contributed by atoms with Crippen molar-refractivity contribution >= 4 is 22.4 Å². The maximum atomic E-state index is 10.5. The minimum absolute atomic E-state index is 0.0315. The Balaban J connectivity index is 1.74. The zero-order valence-corrected chi connectivity index (χ0v) is 17.4. The fraction of sp³-hybridized carbons (Fsp3) is 0.273. The van der Waals surface area contributed by atoms with Gasteiger partial charge in [0.15, 0.2) is 11.7 Å². The molecular formula is C22H24N6O2. The number of nitrogens with zero attached hydrogens (tertiary/aromatic N) is 5. The standard InChI is InChI=1S/C22H24N6O2/c1-13-5-7-23-10-16(13)17-9-15-18(11-24-17)26-21(29)20(15)14(2)25-19-6-8-28(27-19)12-22(3,4)30/h5-11,26,29-30H,12H2,1-4H3. The molecule has 30 heavy (non-hydrogen) atoms. The molecule has 0 bridgehead atoms. The smallest absolute Gasteiger partial charge is 0.198 e. The Labute approximate surface area is 174 Å². The van der Waals surface area contributed by atoms with E-state index in [-0.39, 0.29) is 5.88 Å². The van der Waals surface area contributed by atoms with Gasteiger partial charge in [-0.2, -0.15) is 5.10 Å². The van der Waals surface area contributed by atoms with Gasteiger partial charge in [-0.15, -0.1) is 0 Å². The average Bonchev–Trinajstić information content (AvgIpc) is 3.22. The Morgan fingerprint density at radius 3 is 2.80 bits per heavy atom. The first-order valence-electron chi connectivity index (χ1n) is 9.64. The number of fused-ring (bicyclic) bond motifs is 1. The number of aromatic amines is 1. The highest BCUT2D eigenvalue weighted by molar-refractivity contribution is 6.13. The molecule has 0 aliphatic heterocycles. The number of nitrogens with one attached hydrogen (secondary N) is 1. The molecule has 0 radical (unpaired) electrons. The molecule has 4 aromatic heterocycles. The molecule has 0 aliphatic carbocycles. The lowest BCUT2D eigenvalue weighted by Gasteiger charge is -2.16. The molecule has 0 aromatic carbocycles. The predicted octanol–water partition coefficient (Wildman–Crippen LogP) is 3.75. The van der Waals surface area contributed by atoms with Gasteiger partial charge in [-0.05, 0) is 45.4 Å². The lowest BCUT2D eigenvalue weighted by atomic mass is 10.0. The van der Waals surface area contributed by atoms with Gasteiger partial charge in [0.25, 0.3) is 0 Å². The number of aliphatic imine (C=N–C) groups is 1. The second-order valence-corrected chi connectivity index (χ2v) is 8.04. The van der Waals surface area contributed by atoms with Gasteiger partial charge in [-0.3, -0.25) is 14.6 Å². The average molecular weight is 404 g/mol. The van der Waals surface area contributed by atoms with Crippen molar-refractivity contribution in [1.29, 1.82) is 0 Å². The van der Waals surface area contributed by atoms with E-state index in [2.05, 4.69) is 25.0 Å². The van der Waals surface area contributed by atoms with E-state index in [0.717, 1.165) is 27.7 Å². The highest BCUT2D eigenvalue weighted by Crippen LogP contribution is 2.31. The molecule has 0 unspecified atom stereocenters. The van der Waals surface area contributed by atoms with Crippen LogP contribution in [0.25, 0.3) is 22.2 Å². The number of pyridine rings is 2. The normalized spacial score (nSPS) is 12.6. The monoisotopic (exact) mass is 404 g/mol. The minimum Gasteiger partial charge on any atom is -0.494 e. The minimum atomic E-state index is -0.870. The van der Waals surface area contributed by atoms with E-state index in [1.165, 1.54) is 0 Å². The van der Waals surface area contributed by atoms with E-state index in [9.17, 15) is 10.2 Å². The van der Waals surface area contributed by atoms with Crippen LogP contribution in [0.4, 0.5) is 5.82 Å². The molecule has 4 aromatic rings. The third kappa shape index (κ3) is 3.95. The first kappa shape index (κ1) is 19.8. The number of aromatic nitrogens is 5. The van der Waals surface area contributed by atoms with Crippen molar-refractivity contribution < 1.29 is 10.2 Å². The summed E-state index contributed by atoms with van der Waals surface area (Å²) in [7, 11) is 0. The summed E-state index contributed by atoms with van der Waals surface area (Å²) in [5, 5.41) is 25.7. The van der Waals surface area contributed by atoms with Crippen molar-refractivity contribution in [2.75, 3.05) is 0 Å². The van der Waals surface area contributed by atoms with Crippen LogP contribution in [0, 0.1) is 6.92 Å². The predicted molar refractivity (Wildman–Crippen MR) is 116 cm³/mol. The second-order valence-electron chi connectivity index (χ2n) is 8.04. The summed E-state index contributed by atoms with van der Waals surface area (Å²) in [5.41, 5.74) is 3.85. The number of H-pyrrole nitrogens is 1. The zero-order chi connectivity index (χ0) is 21.5. The van der Waals surface area contributed by atoms with Gasteiger partial charge in [0.1, 0.15) is 0 Å². The van der Waals surface area contributed by atoms with Crippen molar-refractivity contribution in [3.05, 3.63) is 54.1 Å². The Hall–Kier alpha value is -3.52. The number of aliphatic hydroxyl groups is 1. The number of hydrogen-bond acceptors (Lipinski definition) is 6. The molecule has 4 rings (SSSR count). The molecule has 8 heteroatoms. The first-order valence-corrected chi connectivity index (χ1v) is 9.64. The van der Waals surface area contributed by atoms with Crippen LogP contribution in [0.5, 0.6) is 5.88 Å². The Bertz CT molecular complexity index is 1250. The van der Waals surface area contributed by atoms with Crippen LogP contribution in [-0.4, -0.2) is 46.3 Å². The van der Waals surface area contributed by atoms with E-state index in [4.69, 9.17) is 0 Å².